The normalized spacial score (nSPS) is 17.6. The highest BCUT2D eigenvalue weighted by molar-refractivity contribution is 7.96. The lowest BCUT2D eigenvalue weighted by Crippen LogP contribution is -2.37. The molecular formula is C34H40P+. The zero-order valence-electron chi connectivity index (χ0n) is 22.0. The zero-order chi connectivity index (χ0) is 24.9. The summed E-state index contributed by atoms with van der Waals surface area (Å²) in [6.07, 6.45) is 11.1. The molecule has 0 heterocycles. The first-order valence-electron chi connectivity index (χ1n) is 13.0. The first kappa shape index (κ1) is 25.4. The third kappa shape index (κ3) is 5.29. The van der Waals surface area contributed by atoms with Gasteiger partial charge in [-0.15, -0.1) is 0 Å². The molecule has 0 aromatic heterocycles. The molecule has 1 atom stereocenters. The molecular weight excluding hydrogens is 439 g/mol. The second-order valence-corrected chi connectivity index (χ2v) is 14.5. The molecule has 0 spiro atoms. The molecule has 0 bridgehead atoms. The van der Waals surface area contributed by atoms with E-state index in [1.165, 1.54) is 46.3 Å². The molecule has 1 heteroatoms. The molecule has 0 fully saturated rings. The van der Waals surface area contributed by atoms with Crippen molar-refractivity contribution in [3.8, 4) is 0 Å². The van der Waals surface area contributed by atoms with Crippen LogP contribution in [-0.2, 0) is 0 Å². The van der Waals surface area contributed by atoms with Crippen LogP contribution in [0.1, 0.15) is 53.9 Å². The van der Waals surface area contributed by atoms with E-state index in [0.717, 1.165) is 0 Å². The van der Waals surface area contributed by atoms with Gasteiger partial charge in [0, 0.05) is 0 Å². The maximum atomic E-state index is 2.52. The Hall–Kier alpha value is -2.69. The van der Waals surface area contributed by atoms with Gasteiger partial charge in [-0.25, -0.2) is 0 Å². The van der Waals surface area contributed by atoms with Crippen molar-refractivity contribution < 1.29 is 0 Å². The average Bonchev–Trinajstić information content (AvgIpc) is 2.86. The highest BCUT2D eigenvalue weighted by Gasteiger charge is 2.49. The van der Waals surface area contributed by atoms with E-state index in [0.29, 0.717) is 5.66 Å². The van der Waals surface area contributed by atoms with E-state index in [1.54, 1.807) is 5.57 Å². The Morgan fingerprint density at radius 3 is 1.69 bits per heavy atom. The first-order chi connectivity index (χ1) is 16.9. The van der Waals surface area contributed by atoms with Gasteiger partial charge >= 0.3 is 0 Å². The molecule has 1 aliphatic rings. The Kier molecular flexibility index (Phi) is 7.93. The van der Waals surface area contributed by atoms with E-state index in [-0.39, 0.29) is 5.41 Å². The van der Waals surface area contributed by atoms with Crippen molar-refractivity contribution in [2.24, 2.45) is 5.41 Å². The monoisotopic (exact) mass is 479 g/mol. The summed E-state index contributed by atoms with van der Waals surface area (Å²) in [5.74, 6) is 0. The van der Waals surface area contributed by atoms with Gasteiger partial charge in [0.25, 0.3) is 0 Å². The van der Waals surface area contributed by atoms with Crippen LogP contribution in [0.5, 0.6) is 0 Å². The van der Waals surface area contributed by atoms with Crippen LogP contribution in [0.4, 0.5) is 0 Å². The summed E-state index contributed by atoms with van der Waals surface area (Å²) >= 11 is 0. The number of hydrogen-bond acceptors (Lipinski definition) is 0. The molecule has 4 rings (SSSR count). The Morgan fingerprint density at radius 2 is 1.26 bits per heavy atom. The van der Waals surface area contributed by atoms with Gasteiger partial charge in [0.05, 0.1) is 5.66 Å². The molecule has 0 nitrogen and oxygen atoms in total. The highest BCUT2D eigenvalue weighted by atomic mass is 31.2. The molecule has 3 aromatic rings. The van der Waals surface area contributed by atoms with E-state index in [9.17, 15) is 0 Å². The van der Waals surface area contributed by atoms with E-state index in [2.05, 4.69) is 144 Å². The second kappa shape index (κ2) is 10.9. The number of rotatable bonds is 7. The smallest absolute Gasteiger partial charge is 0.0696 e. The lowest BCUT2D eigenvalue weighted by atomic mass is 9.72. The van der Waals surface area contributed by atoms with Crippen LogP contribution < -0.4 is 15.9 Å². The van der Waals surface area contributed by atoms with Gasteiger partial charge in [0.1, 0.15) is 23.2 Å². The SMILES string of the molecule is CC1=C(/C=C/C(C)=C/C(C)[P+](c2ccccc2)(c2ccccc2)c2ccccc2)C(C)(C)CCC1. The van der Waals surface area contributed by atoms with E-state index >= 15 is 0 Å². The van der Waals surface area contributed by atoms with E-state index < -0.39 is 7.26 Å². The molecule has 1 aliphatic carbocycles. The fourth-order valence-electron chi connectivity index (χ4n) is 5.91. The third-order valence-corrected chi connectivity index (χ3v) is 12.4. The van der Waals surface area contributed by atoms with Gasteiger partial charge in [0.2, 0.25) is 0 Å². The average molecular weight is 480 g/mol. The lowest BCUT2D eigenvalue weighted by Gasteiger charge is -2.33. The molecule has 0 saturated heterocycles. The van der Waals surface area contributed by atoms with Crippen molar-refractivity contribution in [2.45, 2.75) is 59.5 Å². The summed E-state index contributed by atoms with van der Waals surface area (Å²) in [6.45, 7) is 11.8. The molecule has 0 amide bonds. The summed E-state index contributed by atoms with van der Waals surface area (Å²) in [7, 11) is -1.91. The summed E-state index contributed by atoms with van der Waals surface area (Å²) < 4.78 is 0. The summed E-state index contributed by atoms with van der Waals surface area (Å²) in [4.78, 5) is 0. The van der Waals surface area contributed by atoms with Crippen molar-refractivity contribution in [2.75, 3.05) is 0 Å². The molecule has 0 N–H and O–H groups in total. The number of hydrogen-bond donors (Lipinski definition) is 0. The molecule has 0 radical (unpaired) electrons. The van der Waals surface area contributed by atoms with Crippen LogP contribution >= 0.6 is 7.26 Å². The van der Waals surface area contributed by atoms with Crippen LogP contribution in [0.2, 0.25) is 0 Å². The second-order valence-electron chi connectivity index (χ2n) is 10.6. The maximum absolute atomic E-state index is 2.52. The van der Waals surface area contributed by atoms with Gasteiger partial charge < -0.3 is 0 Å². The molecule has 1 unspecified atom stereocenters. The van der Waals surface area contributed by atoms with Crippen LogP contribution in [-0.4, -0.2) is 5.66 Å². The van der Waals surface area contributed by atoms with Crippen molar-refractivity contribution in [3.63, 3.8) is 0 Å². The highest BCUT2D eigenvalue weighted by Crippen LogP contribution is 2.60. The van der Waals surface area contributed by atoms with E-state index in [4.69, 9.17) is 0 Å². The Bertz CT molecular complexity index is 1100. The molecule has 0 aliphatic heterocycles. The van der Waals surface area contributed by atoms with Gasteiger partial charge in [-0.2, -0.15) is 0 Å². The van der Waals surface area contributed by atoms with Crippen molar-refractivity contribution in [1.82, 2.24) is 0 Å². The fourth-order valence-corrected chi connectivity index (χ4v) is 10.6. The molecule has 180 valence electrons. The van der Waals surface area contributed by atoms with Gasteiger partial charge in [0.15, 0.2) is 0 Å². The first-order valence-corrected chi connectivity index (χ1v) is 14.8. The molecule has 35 heavy (non-hydrogen) atoms. The maximum Gasteiger partial charge on any atom is 0.118 e. The van der Waals surface area contributed by atoms with Crippen LogP contribution in [0, 0.1) is 5.41 Å². The number of benzene rings is 3. The fraction of sp³-hybridized carbons (Fsp3) is 0.294. The quantitative estimate of drug-likeness (QED) is 0.236. The Balaban J connectivity index is 1.83. The van der Waals surface area contributed by atoms with Crippen molar-refractivity contribution in [3.05, 3.63) is 126 Å². The summed E-state index contributed by atoms with van der Waals surface area (Å²) in [6, 6.07) is 33.6. The Labute approximate surface area is 213 Å². The molecule has 3 aromatic carbocycles. The van der Waals surface area contributed by atoms with Crippen LogP contribution in [0.15, 0.2) is 126 Å². The lowest BCUT2D eigenvalue weighted by molar-refractivity contribution is 0.377. The largest absolute Gasteiger partial charge is 0.118 e. The van der Waals surface area contributed by atoms with Gasteiger partial charge in [-0.3, -0.25) is 0 Å². The zero-order valence-corrected chi connectivity index (χ0v) is 22.9. The van der Waals surface area contributed by atoms with Crippen LogP contribution in [0.25, 0.3) is 0 Å². The summed E-state index contributed by atoms with van der Waals surface area (Å²) in [5.41, 5.74) is 5.04. The van der Waals surface area contributed by atoms with Crippen LogP contribution in [0.3, 0.4) is 0 Å². The third-order valence-electron chi connectivity index (χ3n) is 7.66. The number of allylic oxidation sites excluding steroid dienone is 6. The summed E-state index contributed by atoms with van der Waals surface area (Å²) in [5, 5.41) is 4.31. The Morgan fingerprint density at radius 1 is 0.800 bits per heavy atom. The van der Waals surface area contributed by atoms with Gasteiger partial charge in [-0.05, 0) is 93.5 Å². The van der Waals surface area contributed by atoms with Crippen molar-refractivity contribution >= 4 is 23.2 Å². The minimum Gasteiger partial charge on any atom is -0.0696 e. The predicted molar refractivity (Wildman–Crippen MR) is 158 cm³/mol. The van der Waals surface area contributed by atoms with Crippen molar-refractivity contribution in [1.29, 1.82) is 0 Å². The molecule has 0 saturated carbocycles. The van der Waals surface area contributed by atoms with Gasteiger partial charge in [-0.1, -0.05) is 91.7 Å². The topological polar surface area (TPSA) is 0 Å². The minimum atomic E-state index is -1.91. The minimum absolute atomic E-state index is 0.263. The standard InChI is InChI=1S/C34H40P/c1-27(23-24-33-28(2)16-15-25-34(33,4)5)26-29(3)35(30-17-9-6-10-18-30,31-19-11-7-12-20-31)32-21-13-8-14-22-32/h6-14,17-24,26,29H,15-16,25H2,1-5H3/q+1/b24-23+,27-26+. The van der Waals surface area contributed by atoms with E-state index in [1.807, 2.05) is 0 Å². The predicted octanol–water partition coefficient (Wildman–Crippen LogP) is 8.40.